The molecule has 3 nitrogen and oxygen atoms in total. The lowest BCUT2D eigenvalue weighted by molar-refractivity contribution is 0.579. The van der Waals surface area contributed by atoms with E-state index in [2.05, 4.69) is 32.6 Å². The molecule has 0 aromatic carbocycles. The van der Waals surface area contributed by atoms with Crippen molar-refractivity contribution in [2.24, 2.45) is 0 Å². The minimum absolute atomic E-state index is 0.0209. The Balaban J connectivity index is 2.83. The minimum Gasteiger partial charge on any atom is -0.260 e. The van der Waals surface area contributed by atoms with Crippen molar-refractivity contribution in [3.8, 4) is 0 Å². The van der Waals surface area contributed by atoms with Gasteiger partial charge in [-0.2, -0.15) is 0 Å². The summed E-state index contributed by atoms with van der Waals surface area (Å²) in [7, 11) is -1.08. The van der Waals surface area contributed by atoms with E-state index in [1.807, 2.05) is 32.9 Å². The van der Waals surface area contributed by atoms with E-state index in [-0.39, 0.29) is 10.8 Å². The van der Waals surface area contributed by atoms with Crippen LogP contribution >= 0.6 is 15.9 Å². The standard InChI is InChI=1S/C12H19BrN2OS/c1-5-10(15-17(16)12(2,3)4)11-8-9(13)6-7-14-11/h6-8,10,15H,5H2,1-4H3/t10-,17+/m1/s1. The average molecular weight is 319 g/mol. The first kappa shape index (κ1) is 14.8. The van der Waals surface area contributed by atoms with Crippen LogP contribution in [0.4, 0.5) is 0 Å². The second-order valence-electron chi connectivity index (χ2n) is 4.86. The Labute approximate surface area is 114 Å². The number of nitrogens with one attached hydrogen (secondary N) is 1. The molecule has 1 heterocycles. The lowest BCUT2D eigenvalue weighted by atomic mass is 10.1. The quantitative estimate of drug-likeness (QED) is 0.925. The number of halogens is 1. The SMILES string of the molecule is CC[C@@H](N[S@@](=O)C(C)(C)C)c1cc(Br)ccn1. The van der Waals surface area contributed by atoms with Crippen LogP contribution in [0.5, 0.6) is 0 Å². The zero-order chi connectivity index (χ0) is 13.1. The summed E-state index contributed by atoms with van der Waals surface area (Å²) in [5, 5.41) is 0. The highest BCUT2D eigenvalue weighted by Gasteiger charge is 2.23. The van der Waals surface area contributed by atoms with Crippen LogP contribution in [-0.4, -0.2) is 13.9 Å². The molecule has 0 bridgehead atoms. The fourth-order valence-corrected chi connectivity index (χ4v) is 2.52. The normalized spacial score (nSPS) is 15.6. The van der Waals surface area contributed by atoms with Gasteiger partial charge in [-0.1, -0.05) is 22.9 Å². The van der Waals surface area contributed by atoms with Gasteiger partial charge in [-0.15, -0.1) is 0 Å². The molecule has 0 amide bonds. The molecule has 17 heavy (non-hydrogen) atoms. The number of hydrogen-bond donors (Lipinski definition) is 1. The Hall–Kier alpha value is -0.260. The molecule has 0 saturated carbocycles. The Morgan fingerprint density at radius 1 is 1.53 bits per heavy atom. The Bertz CT molecular complexity index is 404. The molecule has 0 spiro atoms. The zero-order valence-corrected chi connectivity index (χ0v) is 13.1. The van der Waals surface area contributed by atoms with Crippen LogP contribution in [-0.2, 0) is 11.0 Å². The predicted octanol–water partition coefficient (Wildman–Crippen LogP) is 3.35. The maximum absolute atomic E-state index is 12.1. The van der Waals surface area contributed by atoms with Crippen molar-refractivity contribution in [3.63, 3.8) is 0 Å². The third-order valence-corrected chi connectivity index (χ3v) is 4.42. The van der Waals surface area contributed by atoms with Crippen LogP contribution in [0.25, 0.3) is 0 Å². The van der Waals surface area contributed by atoms with Crippen LogP contribution in [0, 0.1) is 0 Å². The van der Waals surface area contributed by atoms with E-state index < -0.39 is 11.0 Å². The van der Waals surface area contributed by atoms with E-state index in [0.717, 1.165) is 16.6 Å². The van der Waals surface area contributed by atoms with E-state index in [4.69, 9.17) is 0 Å². The smallest absolute Gasteiger partial charge is 0.0976 e. The van der Waals surface area contributed by atoms with E-state index in [9.17, 15) is 4.21 Å². The third kappa shape index (κ3) is 4.48. The molecule has 0 aliphatic heterocycles. The number of rotatable bonds is 4. The highest BCUT2D eigenvalue weighted by molar-refractivity contribution is 9.10. The minimum atomic E-state index is -1.08. The van der Waals surface area contributed by atoms with Gasteiger partial charge in [0.05, 0.1) is 27.5 Å². The van der Waals surface area contributed by atoms with Gasteiger partial charge in [0.2, 0.25) is 0 Å². The average Bonchev–Trinajstić information content (AvgIpc) is 2.24. The molecule has 1 aromatic rings. The van der Waals surface area contributed by atoms with E-state index in [1.54, 1.807) is 6.20 Å². The monoisotopic (exact) mass is 318 g/mol. The van der Waals surface area contributed by atoms with Gasteiger partial charge in [-0.25, -0.2) is 8.93 Å². The van der Waals surface area contributed by atoms with Gasteiger partial charge < -0.3 is 0 Å². The topological polar surface area (TPSA) is 42.0 Å². The molecule has 5 heteroatoms. The number of nitrogens with zero attached hydrogens (tertiary/aromatic N) is 1. The molecule has 0 unspecified atom stereocenters. The van der Waals surface area contributed by atoms with Gasteiger partial charge in [-0.05, 0) is 39.3 Å². The summed E-state index contributed by atoms with van der Waals surface area (Å²) >= 11 is 3.42. The number of hydrogen-bond acceptors (Lipinski definition) is 2. The molecule has 96 valence electrons. The Morgan fingerprint density at radius 3 is 2.65 bits per heavy atom. The highest BCUT2D eigenvalue weighted by atomic mass is 79.9. The van der Waals surface area contributed by atoms with Crippen molar-refractivity contribution in [3.05, 3.63) is 28.5 Å². The van der Waals surface area contributed by atoms with Gasteiger partial charge >= 0.3 is 0 Å². The summed E-state index contributed by atoms with van der Waals surface area (Å²) in [4.78, 5) is 4.32. The van der Waals surface area contributed by atoms with Crippen molar-refractivity contribution < 1.29 is 4.21 Å². The van der Waals surface area contributed by atoms with Gasteiger partial charge in [0.15, 0.2) is 0 Å². The molecule has 2 atom stereocenters. The van der Waals surface area contributed by atoms with Gasteiger partial charge in [-0.3, -0.25) is 4.98 Å². The lowest BCUT2D eigenvalue weighted by Crippen LogP contribution is -2.35. The molecule has 0 fully saturated rings. The first-order chi connectivity index (χ1) is 7.84. The molecule has 0 radical (unpaired) electrons. The van der Waals surface area contributed by atoms with E-state index in [1.165, 1.54) is 0 Å². The number of aromatic nitrogens is 1. The van der Waals surface area contributed by atoms with Crippen LogP contribution < -0.4 is 4.72 Å². The first-order valence-electron chi connectivity index (χ1n) is 5.64. The molecule has 1 N–H and O–H groups in total. The largest absolute Gasteiger partial charge is 0.260 e. The second kappa shape index (κ2) is 6.07. The Kier molecular flexibility index (Phi) is 5.28. The molecule has 0 aliphatic carbocycles. The summed E-state index contributed by atoms with van der Waals surface area (Å²) < 4.78 is 15.9. The summed E-state index contributed by atoms with van der Waals surface area (Å²) in [6.45, 7) is 7.92. The van der Waals surface area contributed by atoms with E-state index >= 15 is 0 Å². The zero-order valence-electron chi connectivity index (χ0n) is 10.7. The molecule has 1 rings (SSSR count). The van der Waals surface area contributed by atoms with Crippen molar-refractivity contribution in [1.29, 1.82) is 0 Å². The third-order valence-electron chi connectivity index (χ3n) is 2.31. The molecule has 1 aromatic heterocycles. The molecular weight excluding hydrogens is 300 g/mol. The highest BCUT2D eigenvalue weighted by Crippen LogP contribution is 2.20. The molecule has 0 saturated heterocycles. The fourth-order valence-electron chi connectivity index (χ4n) is 1.27. The fraction of sp³-hybridized carbons (Fsp3) is 0.583. The van der Waals surface area contributed by atoms with Crippen LogP contribution in [0.3, 0.4) is 0 Å². The number of pyridine rings is 1. The van der Waals surface area contributed by atoms with Crippen molar-refractivity contribution in [2.75, 3.05) is 0 Å². The summed E-state index contributed by atoms with van der Waals surface area (Å²) in [5.74, 6) is 0. The first-order valence-corrected chi connectivity index (χ1v) is 7.58. The van der Waals surface area contributed by atoms with Gasteiger partial charge in [0, 0.05) is 10.7 Å². The second-order valence-corrected chi connectivity index (χ2v) is 7.77. The van der Waals surface area contributed by atoms with Crippen molar-refractivity contribution in [1.82, 2.24) is 9.71 Å². The van der Waals surface area contributed by atoms with Gasteiger partial charge in [0.1, 0.15) is 0 Å². The molecular formula is C12H19BrN2OS. The van der Waals surface area contributed by atoms with E-state index in [0.29, 0.717) is 0 Å². The maximum atomic E-state index is 12.1. The Morgan fingerprint density at radius 2 is 2.18 bits per heavy atom. The van der Waals surface area contributed by atoms with Crippen LogP contribution in [0.15, 0.2) is 22.8 Å². The maximum Gasteiger partial charge on any atom is 0.0976 e. The lowest BCUT2D eigenvalue weighted by Gasteiger charge is -2.23. The van der Waals surface area contributed by atoms with Crippen LogP contribution in [0.1, 0.15) is 45.9 Å². The summed E-state index contributed by atoms with van der Waals surface area (Å²) in [5.41, 5.74) is 0.916. The predicted molar refractivity (Wildman–Crippen MR) is 76.0 cm³/mol. The van der Waals surface area contributed by atoms with Crippen molar-refractivity contribution >= 4 is 26.9 Å². The van der Waals surface area contributed by atoms with Gasteiger partial charge in [0.25, 0.3) is 0 Å². The molecule has 0 aliphatic rings. The van der Waals surface area contributed by atoms with Crippen molar-refractivity contribution in [2.45, 2.75) is 44.9 Å². The summed E-state index contributed by atoms with van der Waals surface area (Å²) in [6, 6.07) is 3.87. The van der Waals surface area contributed by atoms with Crippen LogP contribution in [0.2, 0.25) is 0 Å². The summed E-state index contributed by atoms with van der Waals surface area (Å²) in [6.07, 6.45) is 2.61.